The van der Waals surface area contributed by atoms with Crippen LogP contribution in [-0.4, -0.2) is 102 Å². The molecule has 1 saturated heterocycles. The number of sulfonamides is 1. The number of alkyl halides is 2. The summed E-state index contributed by atoms with van der Waals surface area (Å²) >= 11 is 0. The molecular weight excluding hydrogens is 746 g/mol. The van der Waals surface area contributed by atoms with Gasteiger partial charge in [-0.25, -0.2) is 22.0 Å². The number of amides is 4. The van der Waals surface area contributed by atoms with E-state index in [1.165, 1.54) is 11.7 Å². The van der Waals surface area contributed by atoms with Crippen LogP contribution < -0.4 is 30.4 Å². The second kappa shape index (κ2) is 14.2. The number of hydrogen-bond acceptors (Lipinski definition) is 11. The highest BCUT2D eigenvalue weighted by Gasteiger charge is 2.66. The SMILES string of the molecule is COc1ccc2c(=O)n3c(nc2c1)O[C@@H]1C[C@@H](C(=O)N[C@]2(C(=O)NS(=O)(=O)C4CC4)C[C@H]2C(F)F)N(C1)C(=O)CNC(=O)O[C@@H]1C[C@@H]2CC2[C@H]1CCCCC3. The van der Waals surface area contributed by atoms with Crippen LogP contribution in [0.1, 0.15) is 64.2 Å². The number of carbonyl (C=O) groups is 4. The molecule has 2 bridgehead atoms. The first-order chi connectivity index (χ1) is 26.3. The maximum Gasteiger partial charge on any atom is 0.407 e. The van der Waals surface area contributed by atoms with Crippen molar-refractivity contribution in [1.82, 2.24) is 29.8 Å². The molecule has 1 aromatic carbocycles. The number of ether oxygens (including phenoxy) is 3. The molecule has 6 aliphatic rings. The van der Waals surface area contributed by atoms with Gasteiger partial charge in [-0.05, 0) is 74.8 Å². The summed E-state index contributed by atoms with van der Waals surface area (Å²) in [6, 6.07) is 3.41. The Morgan fingerprint density at radius 1 is 1.05 bits per heavy atom. The van der Waals surface area contributed by atoms with E-state index in [9.17, 15) is 41.2 Å². The van der Waals surface area contributed by atoms with E-state index in [1.807, 2.05) is 4.72 Å². The van der Waals surface area contributed by atoms with E-state index in [4.69, 9.17) is 14.2 Å². The minimum absolute atomic E-state index is 0.0511. The molecular formula is C36H44F2N6O10S. The predicted octanol–water partition coefficient (Wildman–Crippen LogP) is 1.83. The Hall–Kier alpha value is -4.55. The maximum absolute atomic E-state index is 14.0. The topological polar surface area (TPSA) is 204 Å². The van der Waals surface area contributed by atoms with Crippen LogP contribution in [0.5, 0.6) is 11.8 Å². The smallest absolute Gasteiger partial charge is 0.407 e. The molecule has 55 heavy (non-hydrogen) atoms. The number of carbonyl (C=O) groups excluding carboxylic acids is 4. The summed E-state index contributed by atoms with van der Waals surface area (Å²) in [6.45, 7) is -0.539. The average Bonchev–Trinajstić information content (AvgIpc) is 4.08. The zero-order valence-electron chi connectivity index (χ0n) is 30.2. The molecule has 8 rings (SSSR count). The Morgan fingerprint density at radius 2 is 1.85 bits per heavy atom. The van der Waals surface area contributed by atoms with Gasteiger partial charge in [0.25, 0.3) is 17.5 Å². The largest absolute Gasteiger partial charge is 0.497 e. The third kappa shape index (κ3) is 7.31. The number of halogens is 2. The lowest BCUT2D eigenvalue weighted by Gasteiger charge is -2.27. The number of fused-ring (bicyclic) bond motifs is 7. The number of nitrogens with zero attached hydrogens (tertiary/aromatic N) is 3. The van der Waals surface area contributed by atoms with Gasteiger partial charge in [-0.15, -0.1) is 0 Å². The quantitative estimate of drug-likeness (QED) is 0.369. The highest BCUT2D eigenvalue weighted by molar-refractivity contribution is 7.91. The molecule has 1 unspecified atom stereocenters. The molecule has 3 heterocycles. The zero-order chi connectivity index (χ0) is 38.8. The number of aromatic nitrogens is 2. The van der Waals surface area contributed by atoms with Crippen molar-refractivity contribution < 1.29 is 50.6 Å². The summed E-state index contributed by atoms with van der Waals surface area (Å²) in [5, 5.41) is 4.38. The lowest BCUT2D eigenvalue weighted by molar-refractivity contribution is -0.139. The van der Waals surface area contributed by atoms with Gasteiger partial charge in [-0.3, -0.25) is 28.5 Å². The number of benzene rings is 1. The lowest BCUT2D eigenvalue weighted by atomic mass is 9.94. The minimum atomic E-state index is -4.14. The van der Waals surface area contributed by atoms with Gasteiger partial charge in [-0.2, -0.15) is 4.98 Å². The molecule has 16 nitrogen and oxygen atoms in total. The molecule has 1 aromatic heterocycles. The van der Waals surface area contributed by atoms with Gasteiger partial charge >= 0.3 is 6.09 Å². The van der Waals surface area contributed by atoms with Gasteiger partial charge in [0.2, 0.25) is 28.3 Å². The van der Waals surface area contributed by atoms with Crippen molar-refractivity contribution in [2.75, 3.05) is 20.2 Å². The summed E-state index contributed by atoms with van der Waals surface area (Å²) < 4.78 is 74.0. The monoisotopic (exact) mass is 790 g/mol. The molecule has 298 valence electrons. The number of rotatable bonds is 7. The Labute approximate surface area is 315 Å². The summed E-state index contributed by atoms with van der Waals surface area (Å²) in [5.41, 5.74) is -2.29. The van der Waals surface area contributed by atoms with E-state index in [0.717, 1.165) is 37.0 Å². The van der Waals surface area contributed by atoms with Crippen LogP contribution in [0, 0.1) is 23.7 Å². The second-order valence-corrected chi connectivity index (χ2v) is 17.7. The van der Waals surface area contributed by atoms with Gasteiger partial charge in [-0.1, -0.05) is 12.8 Å². The highest BCUT2D eigenvalue weighted by atomic mass is 32.2. The van der Waals surface area contributed by atoms with Crippen LogP contribution in [0.4, 0.5) is 13.6 Å². The van der Waals surface area contributed by atoms with E-state index in [-0.39, 0.29) is 43.1 Å². The Morgan fingerprint density at radius 3 is 2.58 bits per heavy atom. The number of hydrogen-bond donors (Lipinski definition) is 3. The molecule has 19 heteroatoms. The van der Waals surface area contributed by atoms with Crippen molar-refractivity contribution in [2.45, 2.75) is 106 Å². The van der Waals surface area contributed by atoms with Crippen molar-refractivity contribution in [2.24, 2.45) is 23.7 Å². The minimum Gasteiger partial charge on any atom is -0.497 e. The van der Waals surface area contributed by atoms with Crippen molar-refractivity contribution in [3.63, 3.8) is 0 Å². The van der Waals surface area contributed by atoms with E-state index in [1.54, 1.807) is 18.2 Å². The third-order valence-corrected chi connectivity index (χ3v) is 14.0. The normalized spacial score (nSPS) is 32.1. The first-order valence-corrected chi connectivity index (χ1v) is 20.5. The first-order valence-electron chi connectivity index (χ1n) is 18.9. The Bertz CT molecular complexity index is 2080. The van der Waals surface area contributed by atoms with E-state index < -0.39 is 82.1 Å². The summed E-state index contributed by atoms with van der Waals surface area (Å²) in [5.74, 6) is -3.04. The molecule has 4 saturated carbocycles. The standard InChI is InChI=1S/C36H44F2N6O10S/c1-52-19-6-9-23-26(13-19)40-34-43(32(23)47)10-4-2-3-5-22-24-11-18(24)12-28(22)54-35(49)39-16-29(45)44-17-20(53-34)14-27(44)31(46)41-36(15-25(36)30(37)38)33(48)42-55(50,51)21-7-8-21/h6,9,13,18,20-22,24-25,27-28,30H,2-5,7-8,10-12,14-17H2,1H3,(H,39,49)(H,41,46)(H,42,48)/t18-,20+,22+,24?,25-,27-,28+,36+/m0/s1. The molecule has 2 aliphatic heterocycles. The molecule has 4 amide bonds. The molecule has 8 atom stereocenters. The molecule has 0 spiro atoms. The van der Waals surface area contributed by atoms with Crippen molar-refractivity contribution in [3.8, 4) is 11.8 Å². The Kier molecular flexibility index (Phi) is 9.64. The van der Waals surface area contributed by atoms with Gasteiger partial charge in [0.15, 0.2) is 0 Å². The van der Waals surface area contributed by atoms with E-state index in [2.05, 4.69) is 15.6 Å². The maximum atomic E-state index is 14.0. The van der Waals surface area contributed by atoms with Gasteiger partial charge < -0.3 is 29.7 Å². The van der Waals surface area contributed by atoms with Crippen LogP contribution in [0.3, 0.4) is 0 Å². The van der Waals surface area contributed by atoms with Crippen LogP contribution in [0.25, 0.3) is 10.9 Å². The molecule has 4 aliphatic carbocycles. The average molecular weight is 791 g/mol. The van der Waals surface area contributed by atoms with Gasteiger partial charge in [0.05, 0.1) is 35.7 Å². The van der Waals surface area contributed by atoms with Crippen LogP contribution >= 0.6 is 0 Å². The molecule has 3 N–H and O–H groups in total. The lowest BCUT2D eigenvalue weighted by Crippen LogP contribution is -2.57. The zero-order valence-corrected chi connectivity index (χ0v) is 31.0. The Balaban J connectivity index is 1.09. The van der Waals surface area contributed by atoms with E-state index in [0.29, 0.717) is 47.8 Å². The summed E-state index contributed by atoms with van der Waals surface area (Å²) in [6.07, 6.45) is -0.262. The van der Waals surface area contributed by atoms with Crippen molar-refractivity contribution in [1.29, 1.82) is 0 Å². The third-order valence-electron chi connectivity index (χ3n) is 12.2. The summed E-state index contributed by atoms with van der Waals surface area (Å²) in [7, 11) is -2.66. The van der Waals surface area contributed by atoms with Gasteiger partial charge in [0, 0.05) is 19.0 Å². The van der Waals surface area contributed by atoms with Gasteiger partial charge in [0.1, 0.15) is 36.1 Å². The number of methoxy groups -OCH3 is 1. The molecule has 0 radical (unpaired) electrons. The van der Waals surface area contributed by atoms with Crippen molar-refractivity contribution >= 4 is 44.7 Å². The van der Waals surface area contributed by atoms with Crippen LogP contribution in [0.15, 0.2) is 23.0 Å². The molecule has 2 aromatic rings. The van der Waals surface area contributed by atoms with E-state index >= 15 is 0 Å². The second-order valence-electron chi connectivity index (χ2n) is 15.8. The van der Waals surface area contributed by atoms with Crippen molar-refractivity contribution in [3.05, 3.63) is 28.6 Å². The first kappa shape index (κ1) is 37.4. The fourth-order valence-corrected chi connectivity index (χ4v) is 10.2. The number of nitrogens with one attached hydrogen (secondary N) is 3. The predicted molar refractivity (Wildman–Crippen MR) is 189 cm³/mol. The van der Waals surface area contributed by atoms with Crippen LogP contribution in [-0.2, 0) is 35.7 Å². The summed E-state index contributed by atoms with van der Waals surface area (Å²) in [4.78, 5) is 73.7. The fourth-order valence-electron chi connectivity index (χ4n) is 8.80. The molecule has 5 fully saturated rings. The highest BCUT2D eigenvalue weighted by Crippen LogP contribution is 2.57. The number of alkyl carbamates (subject to hydrolysis) is 1. The van der Waals surface area contributed by atoms with Crippen LogP contribution in [0.2, 0.25) is 0 Å². The fraction of sp³-hybridized carbons (Fsp3) is 0.667.